The highest BCUT2D eigenvalue weighted by atomic mass is 32.2. The van der Waals surface area contributed by atoms with Gasteiger partial charge in [0, 0.05) is 26.7 Å². The van der Waals surface area contributed by atoms with Gasteiger partial charge in [-0.2, -0.15) is 0 Å². The third-order valence-corrected chi connectivity index (χ3v) is 12.7. The van der Waals surface area contributed by atoms with Crippen molar-refractivity contribution in [2.45, 2.75) is 15.2 Å². The van der Waals surface area contributed by atoms with E-state index >= 15 is 0 Å². The summed E-state index contributed by atoms with van der Waals surface area (Å²) in [4.78, 5) is 5.06. The molecule has 0 amide bonds. The summed E-state index contributed by atoms with van der Waals surface area (Å²) in [6.45, 7) is 0. The molecular formula is C53H35NS. The predicted molar refractivity (Wildman–Crippen MR) is 231 cm³/mol. The maximum Gasteiger partial charge on any atom is 0.0741 e. The second-order valence-corrected chi connectivity index (χ2v) is 15.5. The summed E-state index contributed by atoms with van der Waals surface area (Å²) in [5.41, 5.74) is 15.8. The maximum absolute atomic E-state index is 2.43. The van der Waals surface area contributed by atoms with Crippen LogP contribution in [0.2, 0.25) is 0 Å². The van der Waals surface area contributed by atoms with Crippen LogP contribution in [-0.4, -0.2) is 0 Å². The van der Waals surface area contributed by atoms with Crippen molar-refractivity contribution >= 4 is 39.6 Å². The molecule has 0 aromatic heterocycles. The van der Waals surface area contributed by atoms with Crippen LogP contribution in [0.25, 0.3) is 44.2 Å². The lowest BCUT2D eigenvalue weighted by atomic mass is 9.66. The Labute approximate surface area is 326 Å². The molecule has 0 N–H and O–H groups in total. The summed E-state index contributed by atoms with van der Waals surface area (Å²) in [7, 11) is 0. The molecule has 2 heteroatoms. The van der Waals surface area contributed by atoms with E-state index in [1.54, 1.807) is 0 Å². The van der Waals surface area contributed by atoms with Gasteiger partial charge >= 0.3 is 0 Å². The van der Waals surface area contributed by atoms with Gasteiger partial charge in [-0.15, -0.1) is 0 Å². The number of hydrogen-bond donors (Lipinski definition) is 0. The highest BCUT2D eigenvalue weighted by Gasteiger charge is 2.50. The average Bonchev–Trinajstić information content (AvgIpc) is 3.55. The fourth-order valence-electron chi connectivity index (χ4n) is 9.21. The van der Waals surface area contributed by atoms with Crippen molar-refractivity contribution in [3.8, 4) is 33.4 Å². The van der Waals surface area contributed by atoms with Crippen LogP contribution in [0.3, 0.4) is 0 Å². The summed E-state index contributed by atoms with van der Waals surface area (Å²) in [6.07, 6.45) is 0. The van der Waals surface area contributed by atoms with Crippen molar-refractivity contribution in [2.24, 2.45) is 0 Å². The molecule has 2 aliphatic rings. The monoisotopic (exact) mass is 717 g/mol. The van der Waals surface area contributed by atoms with Gasteiger partial charge in [-0.25, -0.2) is 0 Å². The second kappa shape index (κ2) is 12.8. The van der Waals surface area contributed by atoms with Crippen LogP contribution < -0.4 is 4.90 Å². The SMILES string of the molecule is c1ccc(-c2ccc(N(c3ccc4c5c(ccc4c3)Sc3ccccc3C53c4ccccc4-c4ccccc43)c3ccccc3-c3ccccc3)cc2)cc1. The van der Waals surface area contributed by atoms with Gasteiger partial charge in [-0.3, -0.25) is 0 Å². The normalized spacial score (nSPS) is 13.2. The number of hydrogen-bond acceptors (Lipinski definition) is 2. The summed E-state index contributed by atoms with van der Waals surface area (Å²) in [5, 5.41) is 2.51. The Bertz CT molecular complexity index is 2850. The van der Waals surface area contributed by atoms with Gasteiger partial charge in [0.05, 0.1) is 11.1 Å². The van der Waals surface area contributed by atoms with Crippen LogP contribution in [0.15, 0.2) is 222 Å². The Kier molecular flexibility index (Phi) is 7.40. The molecule has 0 saturated heterocycles. The topological polar surface area (TPSA) is 3.24 Å². The fourth-order valence-corrected chi connectivity index (χ4v) is 10.4. The van der Waals surface area contributed by atoms with E-state index < -0.39 is 5.41 Å². The van der Waals surface area contributed by atoms with Crippen molar-refractivity contribution in [1.82, 2.24) is 0 Å². The number of para-hydroxylation sites is 1. The Hall–Kier alpha value is -6.61. The van der Waals surface area contributed by atoms with E-state index in [1.165, 1.54) is 76.2 Å². The highest BCUT2D eigenvalue weighted by Crippen LogP contribution is 2.63. The molecule has 0 fully saturated rings. The van der Waals surface area contributed by atoms with Gasteiger partial charge in [0.1, 0.15) is 0 Å². The predicted octanol–water partition coefficient (Wildman–Crippen LogP) is 14.5. The van der Waals surface area contributed by atoms with E-state index in [0.29, 0.717) is 0 Å². The lowest BCUT2D eigenvalue weighted by molar-refractivity contribution is 0.730. The van der Waals surface area contributed by atoms with E-state index in [0.717, 1.165) is 17.1 Å². The first-order chi connectivity index (χ1) is 27.3. The van der Waals surface area contributed by atoms with Gasteiger partial charge in [0.25, 0.3) is 0 Å². The molecule has 1 aliphatic carbocycles. The van der Waals surface area contributed by atoms with E-state index in [9.17, 15) is 0 Å². The first kappa shape index (κ1) is 31.9. The van der Waals surface area contributed by atoms with E-state index in [-0.39, 0.29) is 0 Å². The third kappa shape index (κ3) is 4.88. The van der Waals surface area contributed by atoms with Gasteiger partial charge in [0.2, 0.25) is 0 Å². The Morgan fingerprint density at radius 2 is 0.909 bits per heavy atom. The van der Waals surface area contributed by atoms with E-state index in [2.05, 4.69) is 217 Å². The minimum atomic E-state index is -0.432. The van der Waals surface area contributed by atoms with Crippen molar-refractivity contribution in [3.05, 3.63) is 235 Å². The molecule has 0 bridgehead atoms. The third-order valence-electron chi connectivity index (χ3n) is 11.5. The van der Waals surface area contributed by atoms with Gasteiger partial charge in [-0.05, 0) is 103 Å². The molecule has 0 atom stereocenters. The first-order valence-electron chi connectivity index (χ1n) is 18.9. The molecule has 9 aromatic carbocycles. The van der Waals surface area contributed by atoms with E-state index in [4.69, 9.17) is 0 Å². The number of benzene rings is 9. The molecule has 9 aromatic rings. The average molecular weight is 718 g/mol. The lowest BCUT2D eigenvalue weighted by Gasteiger charge is -2.40. The minimum Gasteiger partial charge on any atom is -0.310 e. The van der Waals surface area contributed by atoms with Crippen molar-refractivity contribution in [1.29, 1.82) is 0 Å². The molecule has 0 unspecified atom stereocenters. The second-order valence-electron chi connectivity index (χ2n) is 14.4. The highest BCUT2D eigenvalue weighted by molar-refractivity contribution is 7.99. The lowest BCUT2D eigenvalue weighted by Crippen LogP contribution is -2.32. The molecule has 1 heterocycles. The Morgan fingerprint density at radius 1 is 0.364 bits per heavy atom. The minimum absolute atomic E-state index is 0.432. The molecule has 258 valence electrons. The first-order valence-corrected chi connectivity index (χ1v) is 19.7. The van der Waals surface area contributed by atoms with Crippen LogP contribution in [-0.2, 0) is 5.41 Å². The molecule has 1 nitrogen and oxygen atoms in total. The largest absolute Gasteiger partial charge is 0.310 e. The quantitative estimate of drug-likeness (QED) is 0.174. The molecule has 1 aliphatic heterocycles. The molecule has 1 spiro atoms. The molecule has 11 rings (SSSR count). The summed E-state index contributed by atoms with van der Waals surface area (Å²) in [5.74, 6) is 0. The molecular weight excluding hydrogens is 683 g/mol. The zero-order chi connectivity index (χ0) is 36.3. The van der Waals surface area contributed by atoms with Crippen molar-refractivity contribution in [2.75, 3.05) is 4.90 Å². The van der Waals surface area contributed by atoms with Gasteiger partial charge < -0.3 is 4.90 Å². The smallest absolute Gasteiger partial charge is 0.0741 e. The Balaban J connectivity index is 1.15. The Morgan fingerprint density at radius 3 is 1.62 bits per heavy atom. The van der Waals surface area contributed by atoms with Crippen LogP contribution >= 0.6 is 11.8 Å². The van der Waals surface area contributed by atoms with Crippen molar-refractivity contribution in [3.63, 3.8) is 0 Å². The van der Waals surface area contributed by atoms with Gasteiger partial charge in [-0.1, -0.05) is 182 Å². The van der Waals surface area contributed by atoms with Gasteiger partial charge in [0.15, 0.2) is 0 Å². The van der Waals surface area contributed by atoms with Crippen LogP contribution in [0.4, 0.5) is 17.1 Å². The molecule has 0 radical (unpaired) electrons. The number of rotatable bonds is 5. The molecule has 55 heavy (non-hydrogen) atoms. The summed E-state index contributed by atoms with van der Waals surface area (Å²) < 4.78 is 0. The number of anilines is 3. The zero-order valence-electron chi connectivity index (χ0n) is 30.1. The summed E-state index contributed by atoms with van der Waals surface area (Å²) in [6, 6.07) is 78.1. The van der Waals surface area contributed by atoms with Crippen molar-refractivity contribution < 1.29 is 0 Å². The van der Waals surface area contributed by atoms with Crippen LogP contribution in [0, 0.1) is 0 Å². The van der Waals surface area contributed by atoms with E-state index in [1.807, 2.05) is 11.8 Å². The number of nitrogens with zero attached hydrogens (tertiary/aromatic N) is 1. The zero-order valence-corrected chi connectivity index (χ0v) is 30.9. The maximum atomic E-state index is 2.43. The van der Waals surface area contributed by atoms with Crippen LogP contribution in [0.5, 0.6) is 0 Å². The standard InChI is InChI=1S/C53H35NS/c1-3-15-36(16-4-1)37-27-30-40(31-28-37)54(49-25-13-9-19-42(49)38-17-5-2-6-18-38)41-32-33-43-39(35-41)29-34-51-52(43)53(48-24-12-14-26-50(48)55-51)46-22-10-7-20-44(46)45-21-8-11-23-47(45)53/h1-35H. The summed E-state index contributed by atoms with van der Waals surface area (Å²) >= 11 is 1.90. The molecule has 0 saturated carbocycles. The van der Waals surface area contributed by atoms with Crippen LogP contribution in [0.1, 0.15) is 22.3 Å². The number of fused-ring (bicyclic) bond motifs is 11. The fraction of sp³-hybridized carbons (Fsp3) is 0.0189.